The molecule has 9 heteroatoms. The van der Waals surface area contributed by atoms with Gasteiger partial charge < -0.3 is 20.9 Å². The number of ether oxygens (including phenoxy) is 1. The molecule has 2 rings (SSSR count). The number of pyridine rings is 1. The largest absolute Gasteiger partial charge is 0.435 e. The van der Waals surface area contributed by atoms with E-state index in [9.17, 15) is 13.6 Å². The van der Waals surface area contributed by atoms with Crippen molar-refractivity contribution in [2.24, 2.45) is 5.92 Å². The lowest BCUT2D eigenvalue weighted by molar-refractivity contribution is -0.118. The van der Waals surface area contributed by atoms with Crippen LogP contribution in [0, 0.1) is 35.5 Å². The maximum absolute atomic E-state index is 12.3. The van der Waals surface area contributed by atoms with Crippen LogP contribution in [0.15, 0.2) is 53.1 Å². The molecule has 0 saturated carbocycles. The molecule has 0 bridgehead atoms. The number of rotatable bonds is 12. The van der Waals surface area contributed by atoms with Crippen LogP contribution in [0.3, 0.4) is 0 Å². The lowest BCUT2D eigenvalue weighted by Gasteiger charge is -2.11. The molecule has 0 aliphatic rings. The van der Waals surface area contributed by atoms with Gasteiger partial charge >= 0.3 is 6.61 Å². The molecule has 2 aromatic rings. The van der Waals surface area contributed by atoms with Crippen molar-refractivity contribution in [1.29, 1.82) is 10.8 Å². The molecule has 0 aliphatic heterocycles. The molecule has 45 heavy (non-hydrogen) atoms. The van der Waals surface area contributed by atoms with Gasteiger partial charge in [0, 0.05) is 47.6 Å². The predicted octanol–water partition coefficient (Wildman–Crippen LogP) is 9.30. The molecule has 3 N–H and O–H groups in total. The number of halogens is 2. The number of allylic oxidation sites excluding steroid dienone is 4. The van der Waals surface area contributed by atoms with Crippen LogP contribution < -0.4 is 10.1 Å². The van der Waals surface area contributed by atoms with Crippen molar-refractivity contribution in [3.05, 3.63) is 70.6 Å². The van der Waals surface area contributed by atoms with Gasteiger partial charge in [-0.25, -0.2) is 0 Å². The highest BCUT2D eigenvalue weighted by Gasteiger charge is 2.11. The number of nitrogens with one attached hydrogen (secondary N) is 3. The van der Waals surface area contributed by atoms with Crippen LogP contribution in [0.1, 0.15) is 90.1 Å². The second-order valence-electron chi connectivity index (χ2n) is 10.3. The van der Waals surface area contributed by atoms with Crippen molar-refractivity contribution >= 4 is 35.2 Å². The Kier molecular flexibility index (Phi) is 21.6. The number of thioether (sulfide) groups is 1. The molecule has 1 unspecified atom stereocenters. The summed E-state index contributed by atoms with van der Waals surface area (Å²) in [4.78, 5) is 16.3. The molecule has 0 aliphatic carbocycles. The summed E-state index contributed by atoms with van der Waals surface area (Å²) in [7, 11) is 1.57. The third kappa shape index (κ3) is 17.3. The molecule has 0 spiro atoms. The number of aryl methyl sites for hydroxylation is 2. The Morgan fingerprint density at radius 2 is 1.87 bits per heavy atom. The van der Waals surface area contributed by atoms with Gasteiger partial charge in [-0.1, -0.05) is 64.0 Å². The molecule has 1 heterocycles. The summed E-state index contributed by atoms with van der Waals surface area (Å²) in [5, 5.41) is 17.5. The summed E-state index contributed by atoms with van der Waals surface area (Å²) >= 11 is 1.37. The molecule has 1 amide bonds. The van der Waals surface area contributed by atoms with Crippen molar-refractivity contribution in [2.45, 2.75) is 92.6 Å². The van der Waals surface area contributed by atoms with E-state index in [-0.39, 0.29) is 11.7 Å². The fourth-order valence-corrected chi connectivity index (χ4v) is 4.45. The van der Waals surface area contributed by atoms with Gasteiger partial charge in [-0.3, -0.25) is 9.78 Å². The Bertz CT molecular complexity index is 1360. The minimum absolute atomic E-state index is 0.0741. The van der Waals surface area contributed by atoms with Gasteiger partial charge in [-0.15, -0.1) is 11.8 Å². The van der Waals surface area contributed by atoms with E-state index >= 15 is 0 Å². The number of nitrogens with zero attached hydrogens (tertiary/aromatic N) is 1. The summed E-state index contributed by atoms with van der Waals surface area (Å²) in [6.07, 6.45) is 10.8. The quantitative estimate of drug-likeness (QED) is 0.122. The van der Waals surface area contributed by atoms with Gasteiger partial charge in [0.05, 0.1) is 11.4 Å². The Hall–Kier alpha value is -3.77. The van der Waals surface area contributed by atoms with Crippen LogP contribution in [-0.4, -0.2) is 42.2 Å². The van der Waals surface area contributed by atoms with E-state index in [4.69, 9.17) is 10.8 Å². The highest BCUT2D eigenvalue weighted by atomic mass is 32.2. The number of amides is 1. The van der Waals surface area contributed by atoms with Crippen LogP contribution in [0.2, 0.25) is 0 Å². The van der Waals surface area contributed by atoms with E-state index in [2.05, 4.69) is 53.7 Å². The van der Waals surface area contributed by atoms with Crippen molar-refractivity contribution in [3.63, 3.8) is 0 Å². The number of benzene rings is 1. The van der Waals surface area contributed by atoms with Gasteiger partial charge in [0.1, 0.15) is 5.75 Å². The summed E-state index contributed by atoms with van der Waals surface area (Å²) in [5.41, 5.74) is 5.87. The predicted molar refractivity (Wildman–Crippen MR) is 187 cm³/mol. The standard InChI is InChI=1S/C13H17F2NO2S.C13H17N3.C10H16/c1-3-4-9-7-10(19-8-12(17)16-2)5-6-11(9)18-13(14)15;1-8(2)11(6-14)13-5-9(3)12(7-16-13)10(4)15;1-4-6-7-8-9-10(3)5-2/h5-7,13H,3-4,8H2,1-2H3,(H,16,17);5-7,14-15H,1-4H3;8-10H,4-5H2,1-3H3/b;;9-8-. The first-order valence-electron chi connectivity index (χ1n) is 15.1. The molecular weight excluding hydrogens is 590 g/mol. The third-order valence-corrected chi connectivity index (χ3v) is 7.31. The van der Waals surface area contributed by atoms with Gasteiger partial charge in [0.15, 0.2) is 0 Å². The van der Waals surface area contributed by atoms with E-state index in [1.165, 1.54) is 30.5 Å². The van der Waals surface area contributed by atoms with Crippen LogP contribution in [0.4, 0.5) is 8.78 Å². The lowest BCUT2D eigenvalue weighted by Crippen LogP contribution is -2.19. The first kappa shape index (κ1) is 41.2. The Balaban J connectivity index is 0.000000677. The summed E-state index contributed by atoms with van der Waals surface area (Å²) in [5.74, 6) is 7.07. The van der Waals surface area contributed by atoms with E-state index < -0.39 is 6.61 Å². The molecule has 1 atom stereocenters. The third-order valence-electron chi connectivity index (χ3n) is 6.32. The monoisotopic (exact) mass is 640 g/mol. The van der Waals surface area contributed by atoms with E-state index in [1.54, 1.807) is 32.3 Å². The van der Waals surface area contributed by atoms with E-state index in [0.29, 0.717) is 23.8 Å². The SMILES string of the molecule is CC(=N)c1cnc(C(C=N)=C(C)C)cc1C.CCC#C/C=C\C(C)CC.CCCc1cc(SCC(=O)NC)ccc1OC(F)F. The van der Waals surface area contributed by atoms with E-state index in [0.717, 1.165) is 51.3 Å². The molecule has 6 nitrogen and oxygen atoms in total. The number of aromatic nitrogens is 1. The van der Waals surface area contributed by atoms with Gasteiger partial charge in [0.25, 0.3) is 0 Å². The smallest absolute Gasteiger partial charge is 0.387 e. The zero-order valence-corrected chi connectivity index (χ0v) is 29.1. The Morgan fingerprint density at radius 1 is 1.18 bits per heavy atom. The van der Waals surface area contributed by atoms with Crippen molar-refractivity contribution in [2.75, 3.05) is 12.8 Å². The first-order chi connectivity index (χ1) is 21.3. The highest BCUT2D eigenvalue weighted by molar-refractivity contribution is 8.00. The van der Waals surface area contributed by atoms with Gasteiger partial charge in [-0.05, 0) is 81.5 Å². The zero-order valence-electron chi connectivity index (χ0n) is 28.2. The van der Waals surface area contributed by atoms with Gasteiger partial charge in [-0.2, -0.15) is 8.78 Å². The maximum Gasteiger partial charge on any atom is 0.387 e. The molecule has 0 saturated heterocycles. The fourth-order valence-electron chi connectivity index (χ4n) is 3.62. The molecule has 1 aromatic carbocycles. The molecule has 246 valence electrons. The molecule has 0 fully saturated rings. The van der Waals surface area contributed by atoms with Crippen molar-refractivity contribution in [1.82, 2.24) is 10.3 Å². The number of carbonyl (C=O) groups is 1. The topological polar surface area (TPSA) is 98.9 Å². The lowest BCUT2D eigenvalue weighted by atomic mass is 10.0. The summed E-state index contributed by atoms with van der Waals surface area (Å²) in [6.45, 7) is 13.2. The molecule has 1 aromatic heterocycles. The summed E-state index contributed by atoms with van der Waals surface area (Å²) in [6, 6.07) is 6.95. The van der Waals surface area contributed by atoms with Crippen LogP contribution in [0.5, 0.6) is 5.75 Å². The second-order valence-corrected chi connectivity index (χ2v) is 11.4. The average Bonchev–Trinajstić information content (AvgIpc) is 2.99. The van der Waals surface area contributed by atoms with Crippen LogP contribution in [0.25, 0.3) is 5.57 Å². The first-order valence-corrected chi connectivity index (χ1v) is 16.1. The Labute approximate surface area is 273 Å². The van der Waals surface area contributed by atoms with Crippen molar-refractivity contribution < 1.29 is 18.3 Å². The normalized spacial score (nSPS) is 10.8. The number of hydrogen-bond donors (Lipinski definition) is 3. The average molecular weight is 641 g/mol. The second kappa shape index (κ2) is 23.6. The molecule has 0 radical (unpaired) electrons. The number of hydrogen-bond acceptors (Lipinski definition) is 6. The number of alkyl halides is 2. The van der Waals surface area contributed by atoms with Gasteiger partial charge in [0.2, 0.25) is 5.91 Å². The Morgan fingerprint density at radius 3 is 2.36 bits per heavy atom. The maximum atomic E-state index is 12.3. The minimum atomic E-state index is -2.82. The minimum Gasteiger partial charge on any atom is -0.435 e. The zero-order chi connectivity index (χ0) is 34.4. The summed E-state index contributed by atoms with van der Waals surface area (Å²) < 4.78 is 29.0. The highest BCUT2D eigenvalue weighted by Crippen LogP contribution is 2.28. The van der Waals surface area contributed by atoms with Crippen molar-refractivity contribution in [3.8, 4) is 17.6 Å². The van der Waals surface area contributed by atoms with Crippen LogP contribution >= 0.6 is 11.8 Å². The number of carbonyl (C=O) groups excluding carboxylic acids is 1. The van der Waals surface area contributed by atoms with Crippen LogP contribution in [-0.2, 0) is 11.2 Å². The molecular formula is C36H50F2N4O2S. The van der Waals surface area contributed by atoms with E-state index in [1.807, 2.05) is 39.8 Å². The fraction of sp³-hybridized carbons (Fsp3) is 0.444.